The van der Waals surface area contributed by atoms with Gasteiger partial charge in [-0.25, -0.2) is 19.3 Å². The Labute approximate surface area is 198 Å². The van der Waals surface area contributed by atoms with Gasteiger partial charge in [0, 0.05) is 18.1 Å². The van der Waals surface area contributed by atoms with E-state index in [1.165, 1.54) is 12.3 Å². The number of pyridine rings is 2. The fraction of sp³-hybridized carbons (Fsp3) is 0.0833. The highest BCUT2D eigenvalue weighted by Gasteiger charge is 2.16. The van der Waals surface area contributed by atoms with Crippen LogP contribution in [0.2, 0.25) is 5.02 Å². The number of imidazole rings is 2. The SMILES string of the molecule is Cc1cccc(-c2nc(CNc3cccc(Cl)c3F)cn2-c2ccc3ncc(C(N)=O)n3c2)n1. The molecule has 3 N–H and O–H groups in total. The molecule has 34 heavy (non-hydrogen) atoms. The van der Waals surface area contributed by atoms with E-state index in [0.29, 0.717) is 22.9 Å². The number of fused-ring (bicyclic) bond motifs is 1. The number of hydrogen-bond donors (Lipinski definition) is 2. The van der Waals surface area contributed by atoms with Crippen LogP contribution in [0.25, 0.3) is 22.9 Å². The second-order valence-electron chi connectivity index (χ2n) is 7.67. The smallest absolute Gasteiger partial charge is 0.267 e. The molecule has 170 valence electrons. The first-order valence-corrected chi connectivity index (χ1v) is 10.8. The highest BCUT2D eigenvalue weighted by molar-refractivity contribution is 6.31. The van der Waals surface area contributed by atoms with Crippen molar-refractivity contribution in [3.8, 4) is 17.2 Å². The van der Waals surface area contributed by atoms with Gasteiger partial charge < -0.3 is 11.1 Å². The Morgan fingerprint density at radius 2 is 1.94 bits per heavy atom. The summed E-state index contributed by atoms with van der Waals surface area (Å²) < 4.78 is 17.8. The summed E-state index contributed by atoms with van der Waals surface area (Å²) in [7, 11) is 0. The molecule has 0 saturated carbocycles. The molecule has 0 saturated heterocycles. The molecule has 0 atom stereocenters. The van der Waals surface area contributed by atoms with Crippen LogP contribution in [0.15, 0.2) is 67.1 Å². The van der Waals surface area contributed by atoms with Crippen LogP contribution in [-0.4, -0.2) is 29.8 Å². The van der Waals surface area contributed by atoms with E-state index in [4.69, 9.17) is 22.3 Å². The Kier molecular flexibility index (Phi) is 5.46. The summed E-state index contributed by atoms with van der Waals surface area (Å²) in [6.07, 6.45) is 5.03. The van der Waals surface area contributed by atoms with E-state index in [-0.39, 0.29) is 22.9 Å². The molecular formula is C24H19ClFN7O. The summed E-state index contributed by atoms with van der Waals surface area (Å²) in [6.45, 7) is 2.15. The minimum atomic E-state index is -0.579. The molecule has 0 bridgehead atoms. The monoisotopic (exact) mass is 475 g/mol. The number of nitrogens with one attached hydrogen (secondary N) is 1. The number of carbonyl (C=O) groups is 1. The number of amides is 1. The Morgan fingerprint density at radius 3 is 2.74 bits per heavy atom. The third kappa shape index (κ3) is 3.97. The molecule has 4 heterocycles. The lowest BCUT2D eigenvalue weighted by molar-refractivity contribution is 0.0994. The summed E-state index contributed by atoms with van der Waals surface area (Å²) in [5, 5.41) is 3.08. The minimum absolute atomic E-state index is 0.0408. The fourth-order valence-electron chi connectivity index (χ4n) is 3.68. The van der Waals surface area contributed by atoms with Crippen molar-refractivity contribution in [2.75, 3.05) is 5.32 Å². The third-order valence-electron chi connectivity index (χ3n) is 5.31. The average molecular weight is 476 g/mol. The standard InChI is InChI=1S/C24H19ClFN7O/c1-14-4-2-7-19(30-14)24-31-15(10-28-18-6-3-5-17(25)22(18)26)12-32(24)16-8-9-21-29-11-20(23(27)34)33(21)13-16/h2-9,11-13,28H,10H2,1H3,(H2,27,34). The quantitative estimate of drug-likeness (QED) is 0.379. The number of hydrogen-bond acceptors (Lipinski definition) is 5. The van der Waals surface area contributed by atoms with Crippen molar-refractivity contribution in [2.45, 2.75) is 13.5 Å². The van der Waals surface area contributed by atoms with Gasteiger partial charge >= 0.3 is 0 Å². The van der Waals surface area contributed by atoms with Crippen molar-refractivity contribution in [3.05, 3.63) is 95.0 Å². The van der Waals surface area contributed by atoms with E-state index in [1.807, 2.05) is 42.0 Å². The van der Waals surface area contributed by atoms with Gasteiger partial charge in [0.1, 0.15) is 17.0 Å². The number of benzene rings is 1. The van der Waals surface area contributed by atoms with Gasteiger partial charge in [-0.15, -0.1) is 0 Å². The van der Waals surface area contributed by atoms with Crippen LogP contribution in [0.5, 0.6) is 0 Å². The normalized spacial score (nSPS) is 11.1. The number of nitrogens with two attached hydrogens (primary N) is 1. The maximum absolute atomic E-state index is 14.3. The average Bonchev–Trinajstić information content (AvgIpc) is 3.44. The lowest BCUT2D eigenvalue weighted by Crippen LogP contribution is -2.13. The lowest BCUT2D eigenvalue weighted by Gasteiger charge is -2.09. The Morgan fingerprint density at radius 1 is 1.12 bits per heavy atom. The van der Waals surface area contributed by atoms with Crippen LogP contribution < -0.4 is 11.1 Å². The summed E-state index contributed by atoms with van der Waals surface area (Å²) in [4.78, 5) is 25.4. The first-order chi connectivity index (χ1) is 16.4. The molecule has 0 fully saturated rings. The lowest BCUT2D eigenvalue weighted by atomic mass is 10.3. The Hall–Kier alpha value is -4.24. The molecule has 1 amide bonds. The molecule has 1 aromatic carbocycles. The van der Waals surface area contributed by atoms with Crippen LogP contribution in [0.4, 0.5) is 10.1 Å². The first kappa shape index (κ1) is 21.6. The first-order valence-electron chi connectivity index (χ1n) is 10.4. The number of halogens is 2. The van der Waals surface area contributed by atoms with E-state index >= 15 is 0 Å². The van der Waals surface area contributed by atoms with Gasteiger partial charge in [-0.2, -0.15) is 0 Å². The molecule has 5 aromatic rings. The van der Waals surface area contributed by atoms with Gasteiger partial charge in [-0.1, -0.05) is 23.7 Å². The molecule has 0 aliphatic heterocycles. The minimum Gasteiger partial charge on any atom is -0.377 e. The number of rotatable bonds is 6. The molecule has 5 rings (SSSR count). The van der Waals surface area contributed by atoms with Gasteiger partial charge in [-0.3, -0.25) is 13.8 Å². The van der Waals surface area contributed by atoms with E-state index < -0.39 is 11.7 Å². The Balaban J connectivity index is 1.59. The molecule has 0 unspecified atom stereocenters. The van der Waals surface area contributed by atoms with Gasteiger partial charge in [0.05, 0.1) is 34.8 Å². The van der Waals surface area contributed by atoms with Crippen molar-refractivity contribution in [2.24, 2.45) is 5.73 Å². The molecule has 0 spiro atoms. The summed E-state index contributed by atoms with van der Waals surface area (Å²) in [6, 6.07) is 14.1. The van der Waals surface area contributed by atoms with Gasteiger partial charge in [-0.05, 0) is 43.3 Å². The van der Waals surface area contributed by atoms with E-state index in [0.717, 1.165) is 11.4 Å². The zero-order valence-electron chi connectivity index (χ0n) is 18.0. The predicted molar refractivity (Wildman–Crippen MR) is 128 cm³/mol. The number of primary amides is 1. The second kappa shape index (κ2) is 8.60. The predicted octanol–water partition coefficient (Wildman–Crippen LogP) is 4.39. The summed E-state index contributed by atoms with van der Waals surface area (Å²) in [5.41, 5.74) is 9.52. The van der Waals surface area contributed by atoms with Gasteiger partial charge in [0.2, 0.25) is 0 Å². The molecule has 0 radical (unpaired) electrons. The highest BCUT2D eigenvalue weighted by Crippen LogP contribution is 2.25. The molecule has 0 aliphatic carbocycles. The number of aryl methyl sites for hydroxylation is 1. The maximum Gasteiger partial charge on any atom is 0.267 e. The largest absolute Gasteiger partial charge is 0.377 e. The molecule has 0 aliphatic rings. The third-order valence-corrected chi connectivity index (χ3v) is 5.60. The zero-order chi connectivity index (χ0) is 23.8. The van der Waals surface area contributed by atoms with Crippen molar-refractivity contribution < 1.29 is 9.18 Å². The second-order valence-corrected chi connectivity index (χ2v) is 8.08. The number of carbonyl (C=O) groups excluding carboxylic acids is 1. The van der Waals surface area contributed by atoms with E-state index in [9.17, 15) is 9.18 Å². The summed E-state index contributed by atoms with van der Waals surface area (Å²) >= 11 is 5.89. The number of nitrogens with zero attached hydrogens (tertiary/aromatic N) is 5. The molecular weight excluding hydrogens is 457 g/mol. The molecule has 10 heteroatoms. The zero-order valence-corrected chi connectivity index (χ0v) is 18.8. The topological polar surface area (TPSA) is 103 Å². The maximum atomic E-state index is 14.3. The van der Waals surface area contributed by atoms with Crippen molar-refractivity contribution >= 4 is 28.8 Å². The van der Waals surface area contributed by atoms with Gasteiger partial charge in [0.25, 0.3) is 5.91 Å². The highest BCUT2D eigenvalue weighted by atomic mass is 35.5. The van der Waals surface area contributed by atoms with Crippen LogP contribution >= 0.6 is 11.6 Å². The number of anilines is 1. The van der Waals surface area contributed by atoms with Crippen LogP contribution in [0.3, 0.4) is 0 Å². The van der Waals surface area contributed by atoms with E-state index in [2.05, 4.69) is 15.3 Å². The van der Waals surface area contributed by atoms with Crippen molar-refractivity contribution in [1.29, 1.82) is 0 Å². The van der Waals surface area contributed by atoms with Crippen LogP contribution in [0, 0.1) is 12.7 Å². The van der Waals surface area contributed by atoms with Gasteiger partial charge in [0.15, 0.2) is 11.6 Å². The van der Waals surface area contributed by atoms with E-state index in [1.54, 1.807) is 28.8 Å². The Bertz CT molecular complexity index is 1540. The number of aromatic nitrogens is 5. The fourth-order valence-corrected chi connectivity index (χ4v) is 3.85. The molecule has 8 nitrogen and oxygen atoms in total. The molecule has 4 aromatic heterocycles. The summed E-state index contributed by atoms with van der Waals surface area (Å²) in [5.74, 6) is -0.509. The van der Waals surface area contributed by atoms with Crippen LogP contribution in [0.1, 0.15) is 21.9 Å². The van der Waals surface area contributed by atoms with Crippen molar-refractivity contribution in [3.63, 3.8) is 0 Å². The van der Waals surface area contributed by atoms with Crippen molar-refractivity contribution in [1.82, 2.24) is 23.9 Å². The van der Waals surface area contributed by atoms with Crippen LogP contribution in [-0.2, 0) is 6.54 Å².